The number of hydrogen-bond acceptors (Lipinski definition) is 6. The molecule has 1 aromatic rings. The van der Waals surface area contributed by atoms with E-state index in [0.717, 1.165) is 17.9 Å². The van der Waals surface area contributed by atoms with E-state index >= 15 is 0 Å². The van der Waals surface area contributed by atoms with Crippen LogP contribution >= 0.6 is 0 Å². The number of methoxy groups -OCH3 is 1. The first kappa shape index (κ1) is 16.7. The summed E-state index contributed by atoms with van der Waals surface area (Å²) in [4.78, 5) is 26.6. The Hall–Kier alpha value is -2.31. The zero-order valence-electron chi connectivity index (χ0n) is 12.4. The van der Waals surface area contributed by atoms with Crippen molar-refractivity contribution in [2.75, 3.05) is 31.2 Å². The first-order valence-electron chi connectivity index (χ1n) is 6.83. The predicted octanol–water partition coefficient (Wildman–Crippen LogP) is 0.844. The zero-order valence-corrected chi connectivity index (χ0v) is 12.4. The molecule has 0 aliphatic carbocycles. The van der Waals surface area contributed by atoms with Gasteiger partial charge in [0.2, 0.25) is 5.91 Å². The first-order valence-corrected chi connectivity index (χ1v) is 6.83. The fraction of sp³-hybridized carbons (Fsp3) is 0.500. The number of amides is 1. The first-order chi connectivity index (χ1) is 10.0. The Balaban J connectivity index is 2.12. The SMILES string of the molecule is COC(=O)CCC(=O)NCCCNc1ccc(N)c(C)n1. The number of ether oxygens (including phenoxy) is 1. The highest BCUT2D eigenvalue weighted by Crippen LogP contribution is 2.11. The summed E-state index contributed by atoms with van der Waals surface area (Å²) in [5.41, 5.74) is 7.14. The van der Waals surface area contributed by atoms with Crippen LogP contribution in [-0.2, 0) is 14.3 Å². The topological polar surface area (TPSA) is 106 Å². The van der Waals surface area contributed by atoms with Crippen molar-refractivity contribution in [3.63, 3.8) is 0 Å². The molecule has 7 heteroatoms. The number of aryl methyl sites for hydroxylation is 1. The van der Waals surface area contributed by atoms with E-state index in [1.807, 2.05) is 13.0 Å². The Labute approximate surface area is 124 Å². The molecule has 0 atom stereocenters. The maximum atomic E-state index is 11.4. The molecule has 0 aliphatic rings. The van der Waals surface area contributed by atoms with Gasteiger partial charge in [-0.1, -0.05) is 0 Å². The Morgan fingerprint density at radius 1 is 1.29 bits per heavy atom. The fourth-order valence-corrected chi connectivity index (χ4v) is 1.61. The van der Waals surface area contributed by atoms with E-state index in [-0.39, 0.29) is 24.7 Å². The van der Waals surface area contributed by atoms with E-state index in [4.69, 9.17) is 5.73 Å². The predicted molar refractivity (Wildman–Crippen MR) is 80.8 cm³/mol. The van der Waals surface area contributed by atoms with E-state index in [1.165, 1.54) is 7.11 Å². The van der Waals surface area contributed by atoms with Gasteiger partial charge in [-0.15, -0.1) is 0 Å². The van der Waals surface area contributed by atoms with Crippen LogP contribution in [0.3, 0.4) is 0 Å². The van der Waals surface area contributed by atoms with Crippen molar-refractivity contribution in [1.82, 2.24) is 10.3 Å². The van der Waals surface area contributed by atoms with Gasteiger partial charge < -0.3 is 21.1 Å². The second-order valence-corrected chi connectivity index (χ2v) is 4.58. The molecule has 0 aliphatic heterocycles. The van der Waals surface area contributed by atoms with Gasteiger partial charge in [-0.25, -0.2) is 4.98 Å². The third-order valence-corrected chi connectivity index (χ3v) is 2.89. The normalized spacial score (nSPS) is 10.0. The molecule has 1 heterocycles. The van der Waals surface area contributed by atoms with Crippen molar-refractivity contribution in [3.05, 3.63) is 17.8 Å². The lowest BCUT2D eigenvalue weighted by atomic mass is 10.3. The van der Waals surface area contributed by atoms with E-state index in [0.29, 0.717) is 18.8 Å². The number of hydrogen-bond donors (Lipinski definition) is 3. The van der Waals surface area contributed by atoms with Crippen LogP contribution in [0, 0.1) is 6.92 Å². The molecule has 0 saturated carbocycles. The van der Waals surface area contributed by atoms with Gasteiger partial charge in [0.25, 0.3) is 0 Å². The number of esters is 1. The third kappa shape index (κ3) is 6.60. The van der Waals surface area contributed by atoms with E-state index < -0.39 is 0 Å². The molecule has 0 fully saturated rings. The Morgan fingerprint density at radius 2 is 2.05 bits per heavy atom. The fourth-order valence-electron chi connectivity index (χ4n) is 1.61. The molecule has 21 heavy (non-hydrogen) atoms. The molecule has 0 aromatic carbocycles. The van der Waals surface area contributed by atoms with E-state index in [9.17, 15) is 9.59 Å². The van der Waals surface area contributed by atoms with Crippen molar-refractivity contribution < 1.29 is 14.3 Å². The number of nitrogens with one attached hydrogen (secondary N) is 2. The lowest BCUT2D eigenvalue weighted by Gasteiger charge is -2.08. The van der Waals surface area contributed by atoms with Gasteiger partial charge in [0.1, 0.15) is 5.82 Å². The van der Waals surface area contributed by atoms with Gasteiger partial charge in [0, 0.05) is 19.5 Å². The molecule has 1 rings (SSSR count). The number of nitrogens with two attached hydrogens (primary N) is 1. The summed E-state index contributed by atoms with van der Waals surface area (Å²) in [6.45, 7) is 3.08. The summed E-state index contributed by atoms with van der Waals surface area (Å²) in [5, 5.41) is 5.90. The molecule has 0 saturated heterocycles. The maximum absolute atomic E-state index is 11.4. The number of nitrogen functional groups attached to an aromatic ring is 1. The van der Waals surface area contributed by atoms with Gasteiger partial charge >= 0.3 is 5.97 Å². The van der Waals surface area contributed by atoms with E-state index in [2.05, 4.69) is 20.4 Å². The van der Waals surface area contributed by atoms with Crippen LogP contribution in [-0.4, -0.2) is 37.1 Å². The molecule has 0 radical (unpaired) electrons. The smallest absolute Gasteiger partial charge is 0.306 e. The average Bonchev–Trinajstić information content (AvgIpc) is 2.48. The van der Waals surface area contributed by atoms with Crippen LogP contribution in [0.4, 0.5) is 11.5 Å². The highest BCUT2D eigenvalue weighted by molar-refractivity contribution is 5.81. The van der Waals surface area contributed by atoms with Gasteiger partial charge in [-0.05, 0) is 25.5 Å². The largest absolute Gasteiger partial charge is 0.469 e. The minimum absolute atomic E-state index is 0.106. The molecular weight excluding hydrogens is 272 g/mol. The van der Waals surface area contributed by atoms with Crippen molar-refractivity contribution in [1.29, 1.82) is 0 Å². The Kier molecular flexibility index (Phi) is 7.00. The van der Waals surface area contributed by atoms with Crippen molar-refractivity contribution in [3.8, 4) is 0 Å². The van der Waals surface area contributed by atoms with Crippen LogP contribution in [0.5, 0.6) is 0 Å². The molecule has 0 bridgehead atoms. The molecule has 7 nitrogen and oxygen atoms in total. The molecule has 1 amide bonds. The van der Waals surface area contributed by atoms with Gasteiger partial charge in [-0.2, -0.15) is 0 Å². The highest BCUT2D eigenvalue weighted by Gasteiger charge is 2.05. The second-order valence-electron chi connectivity index (χ2n) is 4.58. The highest BCUT2D eigenvalue weighted by atomic mass is 16.5. The summed E-state index contributed by atoms with van der Waals surface area (Å²) in [5.74, 6) is 0.234. The summed E-state index contributed by atoms with van der Waals surface area (Å²) >= 11 is 0. The van der Waals surface area contributed by atoms with Crippen molar-refractivity contribution in [2.45, 2.75) is 26.2 Å². The molecule has 4 N–H and O–H groups in total. The number of anilines is 2. The van der Waals surface area contributed by atoms with Crippen molar-refractivity contribution >= 4 is 23.4 Å². The maximum Gasteiger partial charge on any atom is 0.306 e. The van der Waals surface area contributed by atoms with Crippen molar-refractivity contribution in [2.24, 2.45) is 0 Å². The van der Waals surface area contributed by atoms with Crippen LogP contribution in [0.25, 0.3) is 0 Å². The molecular formula is C14H22N4O3. The number of aromatic nitrogens is 1. The molecule has 0 unspecified atom stereocenters. The van der Waals surface area contributed by atoms with Crippen LogP contribution in [0.1, 0.15) is 25.0 Å². The average molecular weight is 294 g/mol. The molecule has 116 valence electrons. The summed E-state index contributed by atoms with van der Waals surface area (Å²) in [6, 6.07) is 3.62. The standard InChI is InChI=1S/C14H22N4O3/c1-10-11(15)4-5-12(18-10)16-8-3-9-17-13(19)6-7-14(20)21-2/h4-5H,3,6-9,15H2,1-2H3,(H,16,18)(H,17,19). The number of rotatable bonds is 8. The lowest BCUT2D eigenvalue weighted by molar-refractivity contribution is -0.142. The van der Waals surface area contributed by atoms with Gasteiger partial charge in [-0.3, -0.25) is 9.59 Å². The number of carbonyl (C=O) groups excluding carboxylic acids is 2. The molecule has 0 spiro atoms. The van der Waals surface area contributed by atoms with Gasteiger partial charge in [0.15, 0.2) is 0 Å². The summed E-state index contributed by atoms with van der Waals surface area (Å²) in [7, 11) is 1.30. The molecule has 1 aromatic heterocycles. The monoisotopic (exact) mass is 294 g/mol. The van der Waals surface area contributed by atoms with Crippen LogP contribution in [0.15, 0.2) is 12.1 Å². The quantitative estimate of drug-likeness (QED) is 0.484. The second kappa shape index (κ2) is 8.78. The number of nitrogens with zero attached hydrogens (tertiary/aromatic N) is 1. The Morgan fingerprint density at radius 3 is 2.71 bits per heavy atom. The lowest BCUT2D eigenvalue weighted by Crippen LogP contribution is -2.26. The van der Waals surface area contributed by atoms with E-state index in [1.54, 1.807) is 6.07 Å². The summed E-state index contributed by atoms with van der Waals surface area (Å²) in [6.07, 6.45) is 1.02. The Bertz CT molecular complexity index is 491. The number of pyridine rings is 1. The zero-order chi connectivity index (χ0) is 15.7. The van der Waals surface area contributed by atoms with Crippen LogP contribution in [0.2, 0.25) is 0 Å². The third-order valence-electron chi connectivity index (χ3n) is 2.89. The van der Waals surface area contributed by atoms with Crippen LogP contribution < -0.4 is 16.4 Å². The minimum Gasteiger partial charge on any atom is -0.469 e. The number of carbonyl (C=O) groups is 2. The van der Waals surface area contributed by atoms with Gasteiger partial charge in [0.05, 0.1) is 24.9 Å². The summed E-state index contributed by atoms with van der Waals surface area (Å²) < 4.78 is 4.47. The minimum atomic E-state index is -0.378.